The summed E-state index contributed by atoms with van der Waals surface area (Å²) in [5.41, 5.74) is 6.74. The van der Waals surface area contributed by atoms with E-state index in [1.807, 2.05) is 18.2 Å². The van der Waals surface area contributed by atoms with E-state index in [1.165, 1.54) is 11.1 Å². The summed E-state index contributed by atoms with van der Waals surface area (Å²) >= 11 is 0. The van der Waals surface area contributed by atoms with Gasteiger partial charge in [-0.3, -0.25) is 9.98 Å². The van der Waals surface area contributed by atoms with Gasteiger partial charge in [0.1, 0.15) is 0 Å². The zero-order chi connectivity index (χ0) is 17.4. The SMILES string of the molecule is CCCCC(=Nc1ccccc1)C(CC)=Nc1cc(C)cc(C)c1.[Ni]. The number of nitrogens with zero attached hydrogens (tertiary/aromatic N) is 2. The van der Waals surface area contributed by atoms with Crippen LogP contribution in [0.5, 0.6) is 0 Å². The van der Waals surface area contributed by atoms with Gasteiger partial charge in [-0.25, -0.2) is 0 Å². The van der Waals surface area contributed by atoms with Crippen molar-refractivity contribution < 1.29 is 16.5 Å². The van der Waals surface area contributed by atoms with Crippen LogP contribution in [-0.2, 0) is 16.5 Å². The molecule has 25 heavy (non-hydrogen) atoms. The van der Waals surface area contributed by atoms with Crippen molar-refractivity contribution in [2.75, 3.05) is 0 Å². The number of para-hydroxylation sites is 1. The standard InChI is InChI=1S/C22H28N2.Ni/c1-5-7-13-22(23-19-11-9-8-10-12-19)21(6-2)24-20-15-17(3)14-18(4)16-20;/h8-12,14-16H,5-7,13H2,1-4H3;. The Labute approximate surface area is 162 Å². The summed E-state index contributed by atoms with van der Waals surface area (Å²) in [5, 5.41) is 0. The molecule has 2 rings (SSSR count). The first kappa shape index (κ1) is 21.3. The zero-order valence-electron chi connectivity index (χ0n) is 15.7. The third-order valence-electron chi connectivity index (χ3n) is 3.93. The van der Waals surface area contributed by atoms with E-state index in [9.17, 15) is 0 Å². The molecule has 2 aromatic carbocycles. The van der Waals surface area contributed by atoms with Gasteiger partial charge in [-0.05, 0) is 68.5 Å². The first-order valence-corrected chi connectivity index (χ1v) is 8.91. The van der Waals surface area contributed by atoms with Crippen molar-refractivity contribution in [3.8, 4) is 0 Å². The minimum atomic E-state index is 0. The average Bonchev–Trinajstić information content (AvgIpc) is 2.56. The monoisotopic (exact) mass is 378 g/mol. The van der Waals surface area contributed by atoms with Gasteiger partial charge in [0, 0.05) is 16.5 Å². The molecule has 0 fully saturated rings. The van der Waals surface area contributed by atoms with Crippen LogP contribution in [0.15, 0.2) is 58.5 Å². The second kappa shape index (κ2) is 11.0. The summed E-state index contributed by atoms with van der Waals surface area (Å²) in [6.45, 7) is 8.61. The van der Waals surface area contributed by atoms with Gasteiger partial charge in [0.25, 0.3) is 0 Å². The van der Waals surface area contributed by atoms with Crippen LogP contribution in [0.25, 0.3) is 0 Å². The van der Waals surface area contributed by atoms with Crippen LogP contribution < -0.4 is 0 Å². The maximum absolute atomic E-state index is 4.93. The molecule has 3 heteroatoms. The molecule has 0 saturated heterocycles. The van der Waals surface area contributed by atoms with Crippen molar-refractivity contribution in [2.24, 2.45) is 9.98 Å². The second-order valence-corrected chi connectivity index (χ2v) is 6.26. The molecule has 0 bridgehead atoms. The van der Waals surface area contributed by atoms with Crippen LogP contribution >= 0.6 is 0 Å². The summed E-state index contributed by atoms with van der Waals surface area (Å²) in [7, 11) is 0. The molecule has 2 aromatic rings. The molecule has 0 amide bonds. The van der Waals surface area contributed by atoms with Gasteiger partial charge in [0.2, 0.25) is 0 Å². The predicted molar refractivity (Wildman–Crippen MR) is 106 cm³/mol. The van der Waals surface area contributed by atoms with Gasteiger partial charge in [0.05, 0.1) is 22.8 Å². The maximum Gasteiger partial charge on any atom is 0.0639 e. The number of aryl methyl sites for hydroxylation is 2. The molecule has 136 valence electrons. The molecular formula is C22H28N2Ni. The van der Waals surface area contributed by atoms with E-state index in [-0.39, 0.29) is 16.5 Å². The Hall–Kier alpha value is -1.73. The van der Waals surface area contributed by atoms with Crippen molar-refractivity contribution in [1.82, 2.24) is 0 Å². The summed E-state index contributed by atoms with van der Waals surface area (Å²) in [4.78, 5) is 9.83. The fourth-order valence-corrected chi connectivity index (χ4v) is 2.79. The summed E-state index contributed by atoms with van der Waals surface area (Å²) < 4.78 is 0. The predicted octanol–water partition coefficient (Wildman–Crippen LogP) is 6.75. The van der Waals surface area contributed by atoms with Gasteiger partial charge in [-0.2, -0.15) is 0 Å². The largest absolute Gasteiger partial charge is 0.252 e. The molecule has 0 aliphatic heterocycles. The van der Waals surface area contributed by atoms with E-state index in [4.69, 9.17) is 9.98 Å². The van der Waals surface area contributed by atoms with Gasteiger partial charge >= 0.3 is 0 Å². The summed E-state index contributed by atoms with van der Waals surface area (Å²) in [5.74, 6) is 0. The quantitative estimate of drug-likeness (QED) is 0.376. The minimum absolute atomic E-state index is 0. The Bertz CT molecular complexity index is 698. The van der Waals surface area contributed by atoms with E-state index in [0.717, 1.165) is 48.5 Å². The Kier molecular flexibility index (Phi) is 9.38. The van der Waals surface area contributed by atoms with Crippen molar-refractivity contribution in [1.29, 1.82) is 0 Å². The molecule has 0 radical (unpaired) electrons. The molecule has 0 saturated carbocycles. The van der Waals surface area contributed by atoms with Crippen LogP contribution in [0.1, 0.15) is 50.7 Å². The summed E-state index contributed by atoms with van der Waals surface area (Å²) in [6.07, 6.45) is 4.16. The molecule has 0 N–H and O–H groups in total. The van der Waals surface area contributed by atoms with E-state index >= 15 is 0 Å². The number of benzene rings is 2. The smallest absolute Gasteiger partial charge is 0.0639 e. The van der Waals surface area contributed by atoms with Crippen LogP contribution in [0.2, 0.25) is 0 Å². The van der Waals surface area contributed by atoms with Gasteiger partial charge < -0.3 is 0 Å². The Morgan fingerprint density at radius 2 is 1.40 bits per heavy atom. The Morgan fingerprint density at radius 1 is 0.800 bits per heavy atom. The molecule has 0 aliphatic rings. The minimum Gasteiger partial charge on any atom is -0.252 e. The molecule has 0 aromatic heterocycles. The Morgan fingerprint density at radius 3 is 1.96 bits per heavy atom. The third-order valence-corrected chi connectivity index (χ3v) is 3.93. The maximum atomic E-state index is 4.93. The first-order chi connectivity index (χ1) is 11.6. The van der Waals surface area contributed by atoms with Crippen LogP contribution in [0.4, 0.5) is 11.4 Å². The molecule has 2 nitrogen and oxygen atoms in total. The van der Waals surface area contributed by atoms with E-state index in [2.05, 4.69) is 58.0 Å². The van der Waals surface area contributed by atoms with Crippen molar-refractivity contribution in [2.45, 2.75) is 53.4 Å². The van der Waals surface area contributed by atoms with Crippen LogP contribution in [-0.4, -0.2) is 11.4 Å². The molecule has 0 heterocycles. The number of unbranched alkanes of at least 4 members (excludes halogenated alkanes) is 1. The third kappa shape index (κ3) is 6.96. The number of aliphatic imine (C=N–C) groups is 2. The first-order valence-electron chi connectivity index (χ1n) is 8.91. The second-order valence-electron chi connectivity index (χ2n) is 6.26. The molecule has 0 spiro atoms. The number of hydrogen-bond donors (Lipinski definition) is 0. The fourth-order valence-electron chi connectivity index (χ4n) is 2.79. The normalized spacial score (nSPS) is 12.0. The molecule has 0 atom stereocenters. The van der Waals surface area contributed by atoms with Crippen molar-refractivity contribution in [3.05, 3.63) is 59.7 Å². The molecular weight excluding hydrogens is 351 g/mol. The van der Waals surface area contributed by atoms with E-state index < -0.39 is 0 Å². The van der Waals surface area contributed by atoms with E-state index in [0.29, 0.717) is 0 Å². The van der Waals surface area contributed by atoms with Crippen molar-refractivity contribution in [3.63, 3.8) is 0 Å². The Balaban J connectivity index is 0.00000312. The van der Waals surface area contributed by atoms with Gasteiger partial charge in [-0.1, -0.05) is 44.5 Å². The molecule has 0 unspecified atom stereocenters. The topological polar surface area (TPSA) is 24.7 Å². The van der Waals surface area contributed by atoms with Crippen LogP contribution in [0.3, 0.4) is 0 Å². The zero-order valence-corrected chi connectivity index (χ0v) is 16.6. The summed E-state index contributed by atoms with van der Waals surface area (Å²) in [6, 6.07) is 16.7. The van der Waals surface area contributed by atoms with Crippen molar-refractivity contribution >= 4 is 22.8 Å². The van der Waals surface area contributed by atoms with Gasteiger partial charge in [-0.15, -0.1) is 0 Å². The fraction of sp³-hybridized carbons (Fsp3) is 0.364. The molecule has 0 aliphatic carbocycles. The number of hydrogen-bond acceptors (Lipinski definition) is 2. The number of rotatable bonds is 7. The average molecular weight is 379 g/mol. The van der Waals surface area contributed by atoms with Crippen LogP contribution in [0, 0.1) is 13.8 Å². The van der Waals surface area contributed by atoms with E-state index in [1.54, 1.807) is 0 Å². The van der Waals surface area contributed by atoms with Gasteiger partial charge in [0.15, 0.2) is 0 Å².